The minimum atomic E-state index is -0.680. The molecule has 4 heterocycles. The Kier molecular flexibility index (Phi) is 11.0. The molecule has 12 heteroatoms. The number of carbonyl (C=O) groups is 2. The third-order valence-electron chi connectivity index (χ3n) is 9.69. The zero-order valence-corrected chi connectivity index (χ0v) is 29.1. The van der Waals surface area contributed by atoms with Gasteiger partial charge in [-0.1, -0.05) is 55.3 Å². The van der Waals surface area contributed by atoms with Gasteiger partial charge in [-0.25, -0.2) is 14.8 Å². The van der Waals surface area contributed by atoms with E-state index in [4.69, 9.17) is 4.98 Å². The summed E-state index contributed by atoms with van der Waals surface area (Å²) in [7, 11) is 5.29. The van der Waals surface area contributed by atoms with Crippen LogP contribution >= 0.6 is 0 Å². The second-order valence-electron chi connectivity index (χ2n) is 13.1. The molecule has 50 heavy (non-hydrogen) atoms. The Morgan fingerprint density at radius 3 is 2.40 bits per heavy atom. The molecule has 2 aliphatic heterocycles. The molecule has 2 saturated heterocycles. The number of amides is 2. The van der Waals surface area contributed by atoms with Crippen molar-refractivity contribution in [3.63, 3.8) is 0 Å². The summed E-state index contributed by atoms with van der Waals surface area (Å²) in [6.07, 6.45) is 6.25. The van der Waals surface area contributed by atoms with Gasteiger partial charge >= 0.3 is 6.09 Å². The molecule has 5 unspecified atom stereocenters. The van der Waals surface area contributed by atoms with Crippen LogP contribution in [0, 0.1) is 11.8 Å². The highest BCUT2D eigenvalue weighted by Crippen LogP contribution is 2.37. The van der Waals surface area contributed by atoms with Crippen LogP contribution in [-0.4, -0.2) is 98.3 Å². The lowest BCUT2D eigenvalue weighted by Gasteiger charge is -2.37. The third kappa shape index (κ3) is 7.60. The third-order valence-corrected chi connectivity index (χ3v) is 9.69. The van der Waals surface area contributed by atoms with Crippen molar-refractivity contribution in [2.45, 2.75) is 69.4 Å². The maximum Gasteiger partial charge on any atom is 0.407 e. The number of aromatic amines is 2. The first-order valence-corrected chi connectivity index (χ1v) is 17.3. The van der Waals surface area contributed by atoms with Crippen molar-refractivity contribution in [3.05, 3.63) is 95.5 Å². The molecule has 2 aromatic carbocycles. The SMILES string of the molecule is CCC(NC(=O)OC)C(=O)N1CCCC1c1ncc(C#Cc2ccc(-c3cnc(C4CCCN4C(O)C(c4ccccc4)N(C)C)[nH]3)cc2)[nH]1. The van der Waals surface area contributed by atoms with Gasteiger partial charge in [-0.2, -0.15) is 0 Å². The van der Waals surface area contributed by atoms with Crippen LogP contribution in [0.25, 0.3) is 11.3 Å². The van der Waals surface area contributed by atoms with Crippen LogP contribution in [0.4, 0.5) is 4.79 Å². The van der Waals surface area contributed by atoms with E-state index in [1.807, 2.05) is 69.7 Å². The zero-order chi connectivity index (χ0) is 35.2. The molecule has 6 rings (SSSR count). The van der Waals surface area contributed by atoms with E-state index in [0.29, 0.717) is 24.5 Å². The topological polar surface area (TPSA) is 143 Å². The summed E-state index contributed by atoms with van der Waals surface area (Å²) in [5, 5.41) is 14.2. The molecule has 0 saturated carbocycles. The second-order valence-corrected chi connectivity index (χ2v) is 13.1. The smallest absolute Gasteiger partial charge is 0.407 e. The molecule has 5 atom stereocenters. The second kappa shape index (κ2) is 15.7. The number of aliphatic hydroxyl groups is 1. The number of benzene rings is 2. The molecule has 262 valence electrons. The van der Waals surface area contributed by atoms with E-state index in [0.717, 1.165) is 60.4 Å². The molecule has 4 N–H and O–H groups in total. The van der Waals surface area contributed by atoms with Crippen molar-refractivity contribution in [1.29, 1.82) is 0 Å². The average molecular weight is 679 g/mol. The van der Waals surface area contributed by atoms with Gasteiger partial charge in [0.1, 0.15) is 29.6 Å². The molecule has 2 amide bonds. The fourth-order valence-corrected chi connectivity index (χ4v) is 7.12. The van der Waals surface area contributed by atoms with E-state index < -0.39 is 18.4 Å². The zero-order valence-electron chi connectivity index (χ0n) is 29.1. The van der Waals surface area contributed by atoms with Gasteiger partial charge in [0.2, 0.25) is 5.91 Å². The Morgan fingerprint density at radius 1 is 0.980 bits per heavy atom. The van der Waals surface area contributed by atoms with Crippen LogP contribution in [0.3, 0.4) is 0 Å². The Morgan fingerprint density at radius 2 is 1.68 bits per heavy atom. The Labute approximate surface area is 293 Å². The van der Waals surface area contributed by atoms with E-state index in [1.165, 1.54) is 7.11 Å². The number of imidazole rings is 2. The number of nitrogens with zero attached hydrogens (tertiary/aromatic N) is 5. The molecular formula is C38H46N8O4. The van der Waals surface area contributed by atoms with Crippen molar-refractivity contribution < 1.29 is 19.4 Å². The lowest BCUT2D eigenvalue weighted by atomic mass is 10.0. The summed E-state index contributed by atoms with van der Waals surface area (Å²) in [5.74, 6) is 7.76. The lowest BCUT2D eigenvalue weighted by Crippen LogP contribution is -2.48. The highest BCUT2D eigenvalue weighted by atomic mass is 16.5. The normalized spacial score (nSPS) is 19.5. The van der Waals surface area contributed by atoms with Gasteiger partial charge in [-0.3, -0.25) is 14.6 Å². The number of methoxy groups -OCH3 is 1. The highest BCUT2D eigenvalue weighted by Gasteiger charge is 2.38. The molecule has 0 aliphatic carbocycles. The molecular weight excluding hydrogens is 632 g/mol. The van der Waals surface area contributed by atoms with Crippen LogP contribution in [0.1, 0.15) is 85.6 Å². The molecule has 0 spiro atoms. The fraction of sp³-hybridized carbons (Fsp3) is 0.421. The van der Waals surface area contributed by atoms with E-state index in [-0.39, 0.29) is 24.0 Å². The number of ether oxygens (including phenoxy) is 1. The molecule has 2 aliphatic rings. The van der Waals surface area contributed by atoms with Crippen molar-refractivity contribution in [2.75, 3.05) is 34.3 Å². The number of likely N-dealkylation sites (N-methyl/N-ethyl adjacent to an activating group) is 1. The number of rotatable bonds is 10. The predicted molar refractivity (Wildman–Crippen MR) is 189 cm³/mol. The highest BCUT2D eigenvalue weighted by molar-refractivity contribution is 5.86. The van der Waals surface area contributed by atoms with Crippen LogP contribution in [0.15, 0.2) is 67.0 Å². The summed E-state index contributed by atoms with van der Waals surface area (Å²) in [6, 6.07) is 17.1. The summed E-state index contributed by atoms with van der Waals surface area (Å²) in [5.41, 5.74) is 4.50. The summed E-state index contributed by atoms with van der Waals surface area (Å²) in [6.45, 7) is 3.25. The van der Waals surface area contributed by atoms with Crippen molar-refractivity contribution >= 4 is 12.0 Å². The maximum absolute atomic E-state index is 13.2. The van der Waals surface area contributed by atoms with Crippen molar-refractivity contribution in [2.24, 2.45) is 0 Å². The summed E-state index contributed by atoms with van der Waals surface area (Å²) in [4.78, 5) is 47.1. The number of alkyl carbamates (subject to hydrolysis) is 1. The van der Waals surface area contributed by atoms with Gasteiger partial charge in [0.15, 0.2) is 0 Å². The van der Waals surface area contributed by atoms with Crippen LogP contribution in [0.2, 0.25) is 0 Å². The average Bonchev–Trinajstić information content (AvgIpc) is 3.96. The van der Waals surface area contributed by atoms with E-state index in [9.17, 15) is 14.7 Å². The van der Waals surface area contributed by atoms with Gasteiger partial charge in [0, 0.05) is 18.7 Å². The molecule has 0 bridgehead atoms. The van der Waals surface area contributed by atoms with Crippen molar-refractivity contribution in [1.82, 2.24) is 40.0 Å². The monoisotopic (exact) mass is 678 g/mol. The number of hydrogen-bond donors (Lipinski definition) is 4. The molecule has 0 radical (unpaired) electrons. The first-order chi connectivity index (χ1) is 24.3. The number of carbonyl (C=O) groups excluding carboxylic acids is 2. The first kappa shape index (κ1) is 34.9. The number of likely N-dealkylation sites (tertiary alicyclic amines) is 2. The van der Waals surface area contributed by atoms with Gasteiger partial charge in [-0.15, -0.1) is 0 Å². The minimum Gasteiger partial charge on any atom is -0.453 e. The van der Waals surface area contributed by atoms with Crippen molar-refractivity contribution in [3.8, 4) is 23.1 Å². The Hall–Kier alpha value is -4.96. The molecule has 2 aromatic heterocycles. The van der Waals surface area contributed by atoms with Gasteiger partial charge in [-0.05, 0) is 75.4 Å². The summed E-state index contributed by atoms with van der Waals surface area (Å²) >= 11 is 0. The maximum atomic E-state index is 13.2. The number of aliphatic hydroxyl groups excluding tert-OH is 1. The number of hydrogen-bond acceptors (Lipinski definition) is 8. The van der Waals surface area contributed by atoms with E-state index >= 15 is 0 Å². The lowest BCUT2D eigenvalue weighted by molar-refractivity contribution is -0.134. The molecule has 4 aromatic rings. The number of nitrogens with one attached hydrogen (secondary N) is 3. The van der Waals surface area contributed by atoms with Crippen LogP contribution in [-0.2, 0) is 9.53 Å². The molecule has 12 nitrogen and oxygen atoms in total. The van der Waals surface area contributed by atoms with Gasteiger partial charge in [0.25, 0.3) is 0 Å². The minimum absolute atomic E-state index is 0.00613. The van der Waals surface area contributed by atoms with Crippen LogP contribution in [0.5, 0.6) is 0 Å². The predicted octanol–water partition coefficient (Wildman–Crippen LogP) is 4.76. The largest absolute Gasteiger partial charge is 0.453 e. The quantitative estimate of drug-likeness (QED) is 0.176. The number of H-pyrrole nitrogens is 2. The van der Waals surface area contributed by atoms with E-state index in [1.54, 1.807) is 11.1 Å². The number of aromatic nitrogens is 4. The van der Waals surface area contributed by atoms with Gasteiger partial charge in [0.05, 0.1) is 43.3 Å². The Balaban J connectivity index is 1.10. The van der Waals surface area contributed by atoms with Gasteiger partial charge < -0.3 is 30.0 Å². The van der Waals surface area contributed by atoms with Crippen LogP contribution < -0.4 is 5.32 Å². The standard InChI is InChI=1S/C38H46N8O4/c1-5-29(43-38(49)50-4)36(47)45-21-9-13-31(45)34-39-23-28(41-34)20-17-25-15-18-26(19-16-25)30-24-40-35(42-30)32-14-10-22-46(32)37(48)33(44(2)3)27-11-7-6-8-12-27/h6-8,11-12,15-16,18-19,23-24,29,31-33,37,48H,5,9-10,13-14,21-22H2,1-4H3,(H,39,41)(H,40,42)(H,43,49). The first-order valence-electron chi connectivity index (χ1n) is 17.3. The fourth-order valence-electron chi connectivity index (χ4n) is 7.12. The van der Waals surface area contributed by atoms with E-state index in [2.05, 4.69) is 58.8 Å². The molecule has 2 fully saturated rings. The summed E-state index contributed by atoms with van der Waals surface area (Å²) < 4.78 is 4.69. The Bertz CT molecular complexity index is 1810.